The maximum Gasteiger partial charge on any atom is 0.268 e. The molecule has 94 valence electrons. The summed E-state index contributed by atoms with van der Waals surface area (Å²) in [6.07, 6.45) is 4.00. The van der Waals surface area contributed by atoms with Crippen molar-refractivity contribution in [3.8, 4) is 0 Å². The first-order valence-electron chi connectivity index (χ1n) is 6.08. The average molecular weight is 300 g/mol. The average Bonchev–Trinajstić information content (AvgIpc) is 2.88. The minimum Gasteiger partial charge on any atom is -0.347 e. The van der Waals surface area contributed by atoms with E-state index in [1.165, 1.54) is 0 Å². The minimum absolute atomic E-state index is 0.0258. The van der Waals surface area contributed by atoms with E-state index in [0.717, 1.165) is 42.6 Å². The first-order valence-corrected chi connectivity index (χ1v) is 6.87. The normalized spacial score (nSPS) is 19.5. The number of aromatic nitrogens is 1. The largest absolute Gasteiger partial charge is 0.347 e. The molecule has 2 heterocycles. The van der Waals surface area contributed by atoms with Gasteiger partial charge in [-0.25, -0.2) is 0 Å². The third-order valence-electron chi connectivity index (χ3n) is 2.96. The maximum atomic E-state index is 12.1. The van der Waals surface area contributed by atoms with Crippen molar-refractivity contribution in [2.75, 3.05) is 13.1 Å². The molecular weight excluding hydrogens is 282 g/mol. The number of hydrogen-bond acceptors (Lipinski definition) is 2. The quantitative estimate of drug-likeness (QED) is 0.890. The van der Waals surface area contributed by atoms with Gasteiger partial charge in [0.1, 0.15) is 5.69 Å². The molecule has 5 heteroatoms. The zero-order chi connectivity index (χ0) is 12.3. The van der Waals surface area contributed by atoms with Gasteiger partial charge in [-0.3, -0.25) is 4.79 Å². The van der Waals surface area contributed by atoms with E-state index in [1.807, 2.05) is 16.8 Å². The molecule has 1 atom stereocenters. The fraction of sp³-hybridized carbons (Fsp3) is 0.583. The van der Waals surface area contributed by atoms with Crippen molar-refractivity contribution >= 4 is 21.8 Å². The van der Waals surface area contributed by atoms with Crippen molar-refractivity contribution in [1.29, 1.82) is 0 Å². The highest BCUT2D eigenvalue weighted by atomic mass is 79.9. The highest BCUT2D eigenvalue weighted by Gasteiger charge is 2.19. The fourth-order valence-electron chi connectivity index (χ4n) is 2.13. The first kappa shape index (κ1) is 12.6. The number of carbonyl (C=O) groups excluding carboxylic acids is 1. The summed E-state index contributed by atoms with van der Waals surface area (Å²) in [7, 11) is 0. The van der Waals surface area contributed by atoms with E-state index in [4.69, 9.17) is 0 Å². The standard InChI is InChI=1S/C12H18BrN3O/c1-2-5-16-8-9(13)6-11(16)12(17)15-10-3-4-14-7-10/h6,8,10,14H,2-5,7H2,1H3,(H,15,17)/t10-/m0/s1. The Kier molecular flexibility index (Phi) is 4.23. The summed E-state index contributed by atoms with van der Waals surface area (Å²) in [4.78, 5) is 12.1. The summed E-state index contributed by atoms with van der Waals surface area (Å²) >= 11 is 3.42. The van der Waals surface area contributed by atoms with Crippen LogP contribution in [0, 0.1) is 0 Å². The van der Waals surface area contributed by atoms with Gasteiger partial charge in [-0.15, -0.1) is 0 Å². The van der Waals surface area contributed by atoms with Gasteiger partial charge in [0.25, 0.3) is 5.91 Å². The van der Waals surface area contributed by atoms with E-state index in [-0.39, 0.29) is 11.9 Å². The molecule has 0 unspecified atom stereocenters. The molecule has 17 heavy (non-hydrogen) atoms. The van der Waals surface area contributed by atoms with Crippen molar-refractivity contribution in [3.05, 3.63) is 22.4 Å². The third kappa shape index (κ3) is 3.10. The number of rotatable bonds is 4. The summed E-state index contributed by atoms with van der Waals surface area (Å²) < 4.78 is 2.96. The van der Waals surface area contributed by atoms with E-state index >= 15 is 0 Å². The lowest BCUT2D eigenvalue weighted by Crippen LogP contribution is -2.37. The van der Waals surface area contributed by atoms with Crippen LogP contribution in [-0.4, -0.2) is 29.6 Å². The Hall–Kier alpha value is -0.810. The molecule has 2 N–H and O–H groups in total. The van der Waals surface area contributed by atoms with Crippen molar-refractivity contribution in [3.63, 3.8) is 0 Å². The molecule has 1 amide bonds. The number of nitrogens with one attached hydrogen (secondary N) is 2. The number of amides is 1. The molecule has 2 rings (SSSR count). The summed E-state index contributed by atoms with van der Waals surface area (Å²) in [5.41, 5.74) is 0.741. The Morgan fingerprint density at radius 1 is 1.71 bits per heavy atom. The number of aryl methyl sites for hydroxylation is 1. The van der Waals surface area contributed by atoms with Crippen LogP contribution in [0.5, 0.6) is 0 Å². The molecule has 1 aromatic rings. The molecule has 1 aromatic heterocycles. The Morgan fingerprint density at radius 3 is 3.18 bits per heavy atom. The third-order valence-corrected chi connectivity index (χ3v) is 3.39. The molecule has 0 spiro atoms. The summed E-state index contributed by atoms with van der Waals surface area (Å²) in [5.74, 6) is 0.0258. The number of hydrogen-bond donors (Lipinski definition) is 2. The van der Waals surface area contributed by atoms with E-state index < -0.39 is 0 Å². The van der Waals surface area contributed by atoms with Crippen LogP contribution in [0.1, 0.15) is 30.3 Å². The van der Waals surface area contributed by atoms with Crippen molar-refractivity contribution in [2.45, 2.75) is 32.4 Å². The van der Waals surface area contributed by atoms with E-state index in [2.05, 4.69) is 33.5 Å². The summed E-state index contributed by atoms with van der Waals surface area (Å²) in [6.45, 7) is 4.85. The second kappa shape index (κ2) is 5.69. The van der Waals surface area contributed by atoms with Crippen LogP contribution in [0.3, 0.4) is 0 Å². The van der Waals surface area contributed by atoms with E-state index in [0.29, 0.717) is 0 Å². The molecule has 0 aromatic carbocycles. The van der Waals surface area contributed by atoms with Crippen LogP contribution in [0.2, 0.25) is 0 Å². The number of nitrogens with zero attached hydrogens (tertiary/aromatic N) is 1. The maximum absolute atomic E-state index is 12.1. The van der Waals surface area contributed by atoms with Gasteiger partial charge >= 0.3 is 0 Å². The lowest BCUT2D eigenvalue weighted by atomic mass is 10.2. The van der Waals surface area contributed by atoms with Crippen LogP contribution < -0.4 is 10.6 Å². The van der Waals surface area contributed by atoms with Crippen molar-refractivity contribution < 1.29 is 4.79 Å². The Bertz CT molecular complexity index is 396. The fourth-order valence-corrected chi connectivity index (χ4v) is 2.59. The van der Waals surface area contributed by atoms with Gasteiger partial charge in [0, 0.05) is 29.8 Å². The Morgan fingerprint density at radius 2 is 2.53 bits per heavy atom. The molecule has 1 aliphatic rings. The highest BCUT2D eigenvalue weighted by molar-refractivity contribution is 9.10. The van der Waals surface area contributed by atoms with Gasteiger partial charge < -0.3 is 15.2 Å². The van der Waals surface area contributed by atoms with Gasteiger partial charge in [0.05, 0.1) is 0 Å². The molecule has 1 fully saturated rings. The second-order valence-electron chi connectivity index (χ2n) is 4.40. The van der Waals surface area contributed by atoms with Crippen molar-refractivity contribution in [1.82, 2.24) is 15.2 Å². The zero-order valence-corrected chi connectivity index (χ0v) is 11.6. The predicted molar refractivity (Wildman–Crippen MR) is 71.2 cm³/mol. The molecule has 4 nitrogen and oxygen atoms in total. The Balaban J connectivity index is 2.06. The Labute approximate surface area is 110 Å². The molecular formula is C12H18BrN3O. The zero-order valence-electron chi connectivity index (χ0n) is 10.0. The van der Waals surface area contributed by atoms with Gasteiger partial charge in [0.15, 0.2) is 0 Å². The number of carbonyl (C=O) groups is 1. The molecule has 1 aliphatic heterocycles. The first-order chi connectivity index (χ1) is 8.20. The SMILES string of the molecule is CCCn1cc(Br)cc1C(=O)N[C@H]1CCNC1. The van der Waals surface area contributed by atoms with Crippen LogP contribution in [0.4, 0.5) is 0 Å². The highest BCUT2D eigenvalue weighted by Crippen LogP contribution is 2.16. The van der Waals surface area contributed by atoms with Gasteiger partial charge in [-0.2, -0.15) is 0 Å². The molecule has 0 bridgehead atoms. The van der Waals surface area contributed by atoms with E-state index in [9.17, 15) is 4.79 Å². The van der Waals surface area contributed by atoms with Gasteiger partial charge in [-0.05, 0) is 41.4 Å². The predicted octanol–water partition coefficient (Wildman–Crippen LogP) is 1.75. The molecule has 1 saturated heterocycles. The topological polar surface area (TPSA) is 46.1 Å². The lowest BCUT2D eigenvalue weighted by Gasteiger charge is -2.12. The summed E-state index contributed by atoms with van der Waals surface area (Å²) in [5, 5.41) is 6.31. The van der Waals surface area contributed by atoms with Crippen LogP contribution in [0.15, 0.2) is 16.7 Å². The van der Waals surface area contributed by atoms with Crippen LogP contribution in [0.25, 0.3) is 0 Å². The number of halogens is 1. The van der Waals surface area contributed by atoms with Gasteiger partial charge in [0.2, 0.25) is 0 Å². The second-order valence-corrected chi connectivity index (χ2v) is 5.32. The summed E-state index contributed by atoms with van der Waals surface area (Å²) in [6, 6.07) is 2.15. The molecule has 0 aliphatic carbocycles. The van der Waals surface area contributed by atoms with Crippen molar-refractivity contribution in [2.24, 2.45) is 0 Å². The smallest absolute Gasteiger partial charge is 0.268 e. The molecule has 0 radical (unpaired) electrons. The van der Waals surface area contributed by atoms with Crippen LogP contribution >= 0.6 is 15.9 Å². The van der Waals surface area contributed by atoms with Crippen LogP contribution in [-0.2, 0) is 6.54 Å². The lowest BCUT2D eigenvalue weighted by molar-refractivity contribution is 0.0930. The monoisotopic (exact) mass is 299 g/mol. The van der Waals surface area contributed by atoms with E-state index in [1.54, 1.807) is 0 Å². The minimum atomic E-state index is 0.0258. The molecule has 0 saturated carbocycles. The van der Waals surface area contributed by atoms with Gasteiger partial charge in [-0.1, -0.05) is 6.92 Å².